The summed E-state index contributed by atoms with van der Waals surface area (Å²) in [6.45, 7) is 16.5. The highest BCUT2D eigenvalue weighted by molar-refractivity contribution is 5.91. The highest BCUT2D eigenvalue weighted by Crippen LogP contribution is 2.32. The van der Waals surface area contributed by atoms with Gasteiger partial charge in [-0.25, -0.2) is 4.98 Å². The van der Waals surface area contributed by atoms with Gasteiger partial charge in [0, 0.05) is 11.5 Å². The fourth-order valence-electron chi connectivity index (χ4n) is 4.38. The summed E-state index contributed by atoms with van der Waals surface area (Å²) in [7, 11) is 0. The predicted molar refractivity (Wildman–Crippen MR) is 142 cm³/mol. The Morgan fingerprint density at radius 2 is 1.69 bits per heavy atom. The van der Waals surface area contributed by atoms with Crippen molar-refractivity contribution in [1.29, 1.82) is 0 Å². The fourth-order valence-corrected chi connectivity index (χ4v) is 4.38. The number of anilines is 1. The Kier molecular flexibility index (Phi) is 6.41. The minimum absolute atomic E-state index is 0.0934. The third-order valence-corrected chi connectivity index (χ3v) is 6.06. The summed E-state index contributed by atoms with van der Waals surface area (Å²) >= 11 is 0. The van der Waals surface area contributed by atoms with E-state index in [1.54, 1.807) is 4.68 Å². The predicted octanol–water partition coefficient (Wildman–Crippen LogP) is 6.28. The number of hydrogen-bond acceptors (Lipinski definition) is 4. The number of nitrogens with one attached hydrogen (secondary N) is 1. The van der Waals surface area contributed by atoms with Crippen LogP contribution in [0, 0.1) is 34.6 Å². The molecule has 0 spiro atoms. The van der Waals surface area contributed by atoms with Crippen LogP contribution in [-0.4, -0.2) is 27.3 Å². The second-order valence-electron chi connectivity index (χ2n) is 10.4. The lowest BCUT2D eigenvalue weighted by Crippen LogP contribution is -2.23. The Hall–Kier alpha value is -3.67. The van der Waals surface area contributed by atoms with Crippen LogP contribution in [0.25, 0.3) is 16.7 Å². The first kappa shape index (κ1) is 24.5. The lowest BCUT2D eigenvalue weighted by molar-refractivity contribution is -0.118. The molecule has 35 heavy (non-hydrogen) atoms. The molecule has 0 fully saturated rings. The SMILES string of the molecule is Cc1ccc(OCC(=O)Nc2cc(C)nn2-c2cc(C)c3cc(C)cc(C)c3n2)c(C(C)(C)C)c1. The number of aromatic nitrogens is 3. The van der Waals surface area contributed by atoms with E-state index in [-0.39, 0.29) is 17.9 Å². The molecular weight excluding hydrogens is 436 g/mol. The van der Waals surface area contributed by atoms with E-state index in [1.807, 2.05) is 31.2 Å². The second kappa shape index (κ2) is 9.17. The zero-order valence-corrected chi connectivity index (χ0v) is 21.9. The maximum Gasteiger partial charge on any atom is 0.263 e. The molecule has 1 amide bonds. The van der Waals surface area contributed by atoms with Crippen LogP contribution >= 0.6 is 0 Å². The average molecular weight is 471 g/mol. The molecule has 0 aliphatic heterocycles. The van der Waals surface area contributed by atoms with Crippen LogP contribution < -0.4 is 10.1 Å². The molecule has 6 heteroatoms. The number of fused-ring (bicyclic) bond motifs is 1. The topological polar surface area (TPSA) is 69.0 Å². The fraction of sp³-hybridized carbons (Fsp3) is 0.345. The Labute approximate surface area is 207 Å². The second-order valence-corrected chi connectivity index (χ2v) is 10.4. The van der Waals surface area contributed by atoms with Crippen LogP contribution in [0.1, 0.15) is 54.3 Å². The summed E-state index contributed by atoms with van der Waals surface area (Å²) in [5, 5.41) is 8.69. The standard InChI is InChI=1S/C29H34N4O2/c1-17-9-10-24(23(13-17)29(6,7)8)35-16-27(34)30-26-15-21(5)32-33(26)25-14-19(3)22-12-18(2)11-20(4)28(22)31-25/h9-15H,16H2,1-8H3,(H,30,34). The minimum atomic E-state index is -0.254. The van der Waals surface area contributed by atoms with Gasteiger partial charge in [-0.3, -0.25) is 4.79 Å². The largest absolute Gasteiger partial charge is 0.483 e. The number of rotatable bonds is 5. The van der Waals surface area contributed by atoms with Crippen LogP contribution in [0.4, 0.5) is 5.82 Å². The molecule has 0 aliphatic carbocycles. The maximum absolute atomic E-state index is 12.9. The molecule has 2 aromatic carbocycles. The van der Waals surface area contributed by atoms with Gasteiger partial charge in [0.25, 0.3) is 5.91 Å². The highest BCUT2D eigenvalue weighted by atomic mass is 16.5. The van der Waals surface area contributed by atoms with Gasteiger partial charge in [0.2, 0.25) is 0 Å². The number of carbonyl (C=O) groups is 1. The number of pyridine rings is 1. The van der Waals surface area contributed by atoms with Crippen molar-refractivity contribution < 1.29 is 9.53 Å². The van der Waals surface area contributed by atoms with E-state index in [0.29, 0.717) is 11.6 Å². The Bertz CT molecular complexity index is 1430. The van der Waals surface area contributed by atoms with Crippen molar-refractivity contribution >= 4 is 22.6 Å². The first-order chi connectivity index (χ1) is 16.4. The summed E-state index contributed by atoms with van der Waals surface area (Å²) < 4.78 is 7.64. The number of carbonyl (C=O) groups excluding carboxylic acids is 1. The monoisotopic (exact) mass is 470 g/mol. The molecule has 0 atom stereocenters. The van der Waals surface area contributed by atoms with Crippen molar-refractivity contribution in [2.24, 2.45) is 0 Å². The van der Waals surface area contributed by atoms with Gasteiger partial charge in [-0.2, -0.15) is 9.78 Å². The highest BCUT2D eigenvalue weighted by Gasteiger charge is 2.20. The van der Waals surface area contributed by atoms with Crippen LogP contribution in [0.3, 0.4) is 0 Å². The molecule has 0 radical (unpaired) electrons. The zero-order chi connectivity index (χ0) is 25.5. The van der Waals surface area contributed by atoms with E-state index < -0.39 is 0 Å². The van der Waals surface area contributed by atoms with Gasteiger partial charge in [0.15, 0.2) is 12.4 Å². The van der Waals surface area contributed by atoms with E-state index in [9.17, 15) is 4.79 Å². The number of ether oxygens (including phenoxy) is 1. The van der Waals surface area contributed by atoms with Crippen LogP contribution in [0.15, 0.2) is 42.5 Å². The molecule has 4 rings (SSSR count). The van der Waals surface area contributed by atoms with Gasteiger partial charge in [0.1, 0.15) is 11.6 Å². The average Bonchev–Trinajstić information content (AvgIpc) is 3.12. The normalized spacial score (nSPS) is 11.7. The summed E-state index contributed by atoms with van der Waals surface area (Å²) in [6.07, 6.45) is 0. The van der Waals surface area contributed by atoms with Crippen molar-refractivity contribution in [3.8, 4) is 11.6 Å². The lowest BCUT2D eigenvalue weighted by atomic mass is 9.85. The number of nitrogens with zero attached hydrogens (tertiary/aromatic N) is 3. The van der Waals surface area contributed by atoms with E-state index >= 15 is 0 Å². The molecule has 2 aromatic heterocycles. The Balaban J connectivity index is 1.59. The molecular formula is C29H34N4O2. The summed E-state index contributed by atoms with van der Waals surface area (Å²) in [6, 6.07) is 14.2. The van der Waals surface area contributed by atoms with Gasteiger partial charge in [-0.15, -0.1) is 0 Å². The third kappa shape index (κ3) is 5.21. The van der Waals surface area contributed by atoms with E-state index in [1.165, 1.54) is 5.56 Å². The van der Waals surface area contributed by atoms with Crippen LogP contribution in [-0.2, 0) is 10.2 Å². The Morgan fingerprint density at radius 1 is 0.943 bits per heavy atom. The zero-order valence-electron chi connectivity index (χ0n) is 21.9. The van der Waals surface area contributed by atoms with Crippen molar-refractivity contribution in [2.45, 2.75) is 60.8 Å². The molecule has 0 unspecified atom stereocenters. The Morgan fingerprint density at radius 3 is 2.40 bits per heavy atom. The maximum atomic E-state index is 12.9. The molecule has 4 aromatic rings. The lowest BCUT2D eigenvalue weighted by Gasteiger charge is -2.23. The molecule has 6 nitrogen and oxygen atoms in total. The molecule has 2 heterocycles. The summed E-state index contributed by atoms with van der Waals surface area (Å²) in [4.78, 5) is 17.8. The van der Waals surface area contributed by atoms with Gasteiger partial charge >= 0.3 is 0 Å². The van der Waals surface area contributed by atoms with Crippen LogP contribution in [0.5, 0.6) is 5.75 Å². The summed E-state index contributed by atoms with van der Waals surface area (Å²) in [5.41, 5.74) is 7.30. The van der Waals surface area contributed by atoms with Crippen molar-refractivity contribution in [3.63, 3.8) is 0 Å². The third-order valence-electron chi connectivity index (χ3n) is 6.06. The van der Waals surface area contributed by atoms with Gasteiger partial charge in [0.05, 0.1) is 11.2 Å². The first-order valence-corrected chi connectivity index (χ1v) is 11.9. The van der Waals surface area contributed by atoms with E-state index in [0.717, 1.165) is 44.6 Å². The minimum Gasteiger partial charge on any atom is -0.483 e. The first-order valence-electron chi connectivity index (χ1n) is 11.9. The molecule has 0 bridgehead atoms. The van der Waals surface area contributed by atoms with Crippen molar-refractivity contribution in [3.05, 3.63) is 76.0 Å². The number of amides is 1. The van der Waals surface area contributed by atoms with E-state index in [4.69, 9.17) is 9.72 Å². The van der Waals surface area contributed by atoms with Crippen molar-refractivity contribution in [1.82, 2.24) is 14.8 Å². The molecule has 0 aliphatic rings. The van der Waals surface area contributed by atoms with Crippen molar-refractivity contribution in [2.75, 3.05) is 11.9 Å². The molecule has 0 saturated heterocycles. The van der Waals surface area contributed by atoms with Crippen LogP contribution in [0.2, 0.25) is 0 Å². The quantitative estimate of drug-likeness (QED) is 0.373. The summed E-state index contributed by atoms with van der Waals surface area (Å²) in [5.74, 6) is 1.70. The molecule has 0 saturated carbocycles. The van der Waals surface area contributed by atoms with E-state index in [2.05, 4.69) is 77.1 Å². The van der Waals surface area contributed by atoms with Gasteiger partial charge in [-0.1, -0.05) is 50.1 Å². The number of benzene rings is 2. The van der Waals surface area contributed by atoms with Gasteiger partial charge < -0.3 is 10.1 Å². The number of hydrogen-bond donors (Lipinski definition) is 1. The number of aryl methyl sites for hydroxylation is 5. The molecule has 182 valence electrons. The van der Waals surface area contributed by atoms with Gasteiger partial charge in [-0.05, 0) is 74.9 Å². The smallest absolute Gasteiger partial charge is 0.263 e. The molecule has 1 N–H and O–H groups in total.